The van der Waals surface area contributed by atoms with Gasteiger partial charge >= 0.3 is 0 Å². The summed E-state index contributed by atoms with van der Waals surface area (Å²) in [6.07, 6.45) is 2.16. The van der Waals surface area contributed by atoms with Crippen LogP contribution in [0.1, 0.15) is 42.9 Å². The van der Waals surface area contributed by atoms with E-state index in [9.17, 15) is 13.2 Å². The Morgan fingerprint density at radius 1 is 1.29 bits per heavy atom. The van der Waals surface area contributed by atoms with Gasteiger partial charge in [-0.3, -0.25) is 4.79 Å². The van der Waals surface area contributed by atoms with Crippen molar-refractivity contribution in [3.63, 3.8) is 0 Å². The predicted molar refractivity (Wildman–Crippen MR) is 106 cm³/mol. The minimum atomic E-state index is -3.19. The number of hydrogen-bond acceptors (Lipinski definition) is 6. The summed E-state index contributed by atoms with van der Waals surface area (Å²) in [4.78, 5) is 14.4. The molecule has 2 aliphatic heterocycles. The molecule has 1 atom stereocenters. The van der Waals surface area contributed by atoms with E-state index < -0.39 is 10.0 Å². The summed E-state index contributed by atoms with van der Waals surface area (Å²) >= 11 is 1.60. The zero-order valence-electron chi connectivity index (χ0n) is 16.0. The van der Waals surface area contributed by atoms with E-state index in [4.69, 9.17) is 0 Å². The van der Waals surface area contributed by atoms with Crippen LogP contribution in [-0.2, 0) is 34.3 Å². The van der Waals surface area contributed by atoms with Gasteiger partial charge in [0.25, 0.3) is 0 Å². The van der Waals surface area contributed by atoms with E-state index in [-0.39, 0.29) is 17.6 Å². The van der Waals surface area contributed by atoms with Crippen molar-refractivity contribution in [2.75, 3.05) is 25.4 Å². The Labute approximate surface area is 169 Å². The Balaban J connectivity index is 1.46. The lowest BCUT2D eigenvalue weighted by molar-refractivity contribution is -0.132. The number of rotatable bonds is 5. The third-order valence-electron chi connectivity index (χ3n) is 5.58. The van der Waals surface area contributed by atoms with Crippen LogP contribution in [0.2, 0.25) is 0 Å². The molecule has 1 fully saturated rings. The Kier molecular flexibility index (Phi) is 5.52. The van der Waals surface area contributed by atoms with Crippen molar-refractivity contribution < 1.29 is 13.2 Å². The minimum Gasteiger partial charge on any atom is -0.333 e. The molecule has 1 amide bonds. The number of carbonyl (C=O) groups is 1. The highest BCUT2D eigenvalue weighted by Gasteiger charge is 2.33. The van der Waals surface area contributed by atoms with E-state index in [2.05, 4.69) is 14.8 Å². The van der Waals surface area contributed by atoms with Crippen LogP contribution in [0, 0.1) is 0 Å². The summed E-state index contributed by atoms with van der Waals surface area (Å²) in [5.74, 6) is 1.93. The van der Waals surface area contributed by atoms with Crippen LogP contribution in [-0.4, -0.2) is 63.7 Å². The van der Waals surface area contributed by atoms with Gasteiger partial charge in [-0.05, 0) is 42.2 Å². The molecule has 2 aromatic heterocycles. The van der Waals surface area contributed by atoms with Crippen LogP contribution in [0.3, 0.4) is 0 Å². The first-order valence-electron chi connectivity index (χ1n) is 9.66. The third kappa shape index (κ3) is 3.85. The monoisotopic (exact) mass is 423 g/mol. The number of fused-ring (bicyclic) bond motifs is 1. The van der Waals surface area contributed by atoms with E-state index in [1.54, 1.807) is 22.6 Å². The maximum absolute atomic E-state index is 12.6. The number of piperidine rings is 1. The number of thiophene rings is 1. The molecule has 4 rings (SSSR count). The van der Waals surface area contributed by atoms with Crippen molar-refractivity contribution in [3.8, 4) is 0 Å². The molecular formula is C18H25N5O3S2. The summed E-state index contributed by atoms with van der Waals surface area (Å²) in [7, 11) is -3.19. The van der Waals surface area contributed by atoms with Gasteiger partial charge in [-0.25, -0.2) is 12.7 Å². The van der Waals surface area contributed by atoms with Gasteiger partial charge < -0.3 is 9.47 Å². The molecule has 1 saturated heterocycles. The maximum Gasteiger partial charge on any atom is 0.227 e. The van der Waals surface area contributed by atoms with Crippen molar-refractivity contribution in [2.24, 2.45) is 0 Å². The second kappa shape index (κ2) is 7.92. The van der Waals surface area contributed by atoms with Gasteiger partial charge in [-0.1, -0.05) is 0 Å². The summed E-state index contributed by atoms with van der Waals surface area (Å²) in [6, 6.07) is 1.98. The number of nitrogens with zero attached hydrogens (tertiary/aromatic N) is 5. The van der Waals surface area contributed by atoms with Crippen LogP contribution in [0.25, 0.3) is 0 Å². The largest absolute Gasteiger partial charge is 0.333 e. The highest BCUT2D eigenvalue weighted by atomic mass is 32.2. The zero-order valence-corrected chi connectivity index (χ0v) is 17.6. The third-order valence-corrected chi connectivity index (χ3v) is 8.16. The van der Waals surface area contributed by atoms with Gasteiger partial charge in [0.1, 0.15) is 5.82 Å². The normalized spacial score (nSPS) is 20.9. The molecule has 0 saturated carbocycles. The standard InChI is InChI=1S/C18H25N5O3S2/c1-2-28(25,26)22-6-3-4-15(11-22)18-20-19-16-12-21(7-8-23(16)18)17(24)10-14-5-9-27-13-14/h5,9,13,15H,2-4,6-8,10-12H2,1H3. The topological polar surface area (TPSA) is 88.4 Å². The molecule has 28 heavy (non-hydrogen) atoms. The molecule has 1 unspecified atom stereocenters. The van der Waals surface area contributed by atoms with Crippen molar-refractivity contribution in [1.29, 1.82) is 0 Å². The molecule has 10 heteroatoms. The van der Waals surface area contributed by atoms with Crippen molar-refractivity contribution in [1.82, 2.24) is 24.0 Å². The molecular weight excluding hydrogens is 398 g/mol. The SMILES string of the molecule is CCS(=O)(=O)N1CCCC(c2nnc3n2CCN(C(=O)Cc2ccsc2)C3)C1. The molecule has 152 valence electrons. The van der Waals surface area contributed by atoms with Gasteiger partial charge in [0.05, 0.1) is 18.7 Å². The first-order chi connectivity index (χ1) is 13.5. The van der Waals surface area contributed by atoms with E-state index >= 15 is 0 Å². The van der Waals surface area contributed by atoms with Crippen molar-refractivity contribution in [2.45, 2.75) is 45.2 Å². The van der Waals surface area contributed by atoms with Gasteiger partial charge in [-0.15, -0.1) is 10.2 Å². The molecule has 0 aromatic carbocycles. The average molecular weight is 424 g/mol. The fraction of sp³-hybridized carbons (Fsp3) is 0.611. The van der Waals surface area contributed by atoms with Crippen LogP contribution < -0.4 is 0 Å². The van der Waals surface area contributed by atoms with Gasteiger partial charge in [0, 0.05) is 32.1 Å². The second-order valence-corrected chi connectivity index (χ2v) is 10.4. The Hall–Kier alpha value is -1.78. The lowest BCUT2D eigenvalue weighted by atomic mass is 9.98. The predicted octanol–water partition coefficient (Wildman–Crippen LogP) is 1.45. The molecule has 4 heterocycles. The number of aromatic nitrogens is 3. The van der Waals surface area contributed by atoms with Crippen molar-refractivity contribution >= 4 is 27.3 Å². The van der Waals surface area contributed by atoms with Crippen LogP contribution >= 0.6 is 11.3 Å². The number of hydrogen-bond donors (Lipinski definition) is 0. The highest BCUT2D eigenvalue weighted by molar-refractivity contribution is 7.89. The Bertz CT molecular complexity index is 939. The lowest BCUT2D eigenvalue weighted by Crippen LogP contribution is -2.42. The molecule has 2 aliphatic rings. The van der Waals surface area contributed by atoms with Crippen molar-refractivity contribution in [3.05, 3.63) is 34.0 Å². The Morgan fingerprint density at radius 2 is 2.14 bits per heavy atom. The fourth-order valence-electron chi connectivity index (χ4n) is 3.96. The molecule has 0 spiro atoms. The Morgan fingerprint density at radius 3 is 2.89 bits per heavy atom. The summed E-state index contributed by atoms with van der Waals surface area (Å²) in [6.45, 7) is 4.47. The smallest absolute Gasteiger partial charge is 0.227 e. The first-order valence-corrected chi connectivity index (χ1v) is 12.2. The number of sulfonamides is 1. The van der Waals surface area contributed by atoms with E-state index in [1.807, 2.05) is 21.7 Å². The summed E-state index contributed by atoms with van der Waals surface area (Å²) in [5, 5.41) is 12.7. The minimum absolute atomic E-state index is 0.0596. The quantitative estimate of drug-likeness (QED) is 0.726. The molecule has 8 nitrogen and oxygen atoms in total. The summed E-state index contributed by atoms with van der Waals surface area (Å²) < 4.78 is 28.2. The summed E-state index contributed by atoms with van der Waals surface area (Å²) in [5.41, 5.74) is 1.04. The van der Waals surface area contributed by atoms with E-state index in [0.717, 1.165) is 30.1 Å². The molecule has 0 N–H and O–H groups in total. The second-order valence-electron chi connectivity index (χ2n) is 7.35. The first kappa shape index (κ1) is 19.5. The molecule has 2 aromatic rings. The molecule has 0 aliphatic carbocycles. The van der Waals surface area contributed by atoms with Gasteiger partial charge in [0.15, 0.2) is 5.82 Å². The van der Waals surface area contributed by atoms with E-state index in [0.29, 0.717) is 39.1 Å². The average Bonchev–Trinajstić information content (AvgIpc) is 3.37. The zero-order chi connectivity index (χ0) is 19.7. The number of amides is 1. The fourth-order valence-corrected chi connectivity index (χ4v) is 5.81. The maximum atomic E-state index is 12.6. The van der Waals surface area contributed by atoms with Gasteiger partial charge in [-0.2, -0.15) is 11.3 Å². The highest BCUT2D eigenvalue weighted by Crippen LogP contribution is 2.29. The van der Waals surface area contributed by atoms with Crippen LogP contribution in [0.5, 0.6) is 0 Å². The number of carbonyl (C=O) groups excluding carboxylic acids is 1. The lowest BCUT2D eigenvalue weighted by Gasteiger charge is -2.33. The van der Waals surface area contributed by atoms with Crippen LogP contribution in [0.4, 0.5) is 0 Å². The molecule has 0 radical (unpaired) electrons. The molecule has 0 bridgehead atoms. The van der Waals surface area contributed by atoms with E-state index in [1.165, 1.54) is 0 Å². The van der Waals surface area contributed by atoms with Gasteiger partial charge in [0.2, 0.25) is 15.9 Å². The van der Waals surface area contributed by atoms with Crippen LogP contribution in [0.15, 0.2) is 16.8 Å².